The number of carbonyl (C=O) groups excluding carboxylic acids is 1. The number of anilines is 1. The second kappa shape index (κ2) is 5.43. The van der Waals surface area contributed by atoms with Gasteiger partial charge >= 0.3 is 0 Å². The third-order valence-corrected chi connectivity index (χ3v) is 2.63. The number of nitro groups is 1. The zero-order chi connectivity index (χ0) is 14.7. The van der Waals surface area contributed by atoms with Crippen LogP contribution in [-0.4, -0.2) is 15.8 Å². The van der Waals surface area contributed by atoms with Crippen LogP contribution in [0.15, 0.2) is 36.5 Å². The Morgan fingerprint density at radius 1 is 1.40 bits per heavy atom. The predicted molar refractivity (Wildman–Crippen MR) is 70.0 cm³/mol. The Bertz CT molecular complexity index is 688. The van der Waals surface area contributed by atoms with Crippen molar-refractivity contribution in [3.63, 3.8) is 0 Å². The molecule has 2 rings (SSSR count). The number of pyridine rings is 1. The van der Waals surface area contributed by atoms with Crippen LogP contribution in [0.5, 0.6) is 0 Å². The Labute approximate surface area is 113 Å². The minimum absolute atomic E-state index is 0.118. The van der Waals surface area contributed by atoms with Gasteiger partial charge in [-0.2, -0.15) is 0 Å². The number of aromatic nitrogens is 1. The Morgan fingerprint density at radius 3 is 2.70 bits per heavy atom. The average molecular weight is 275 g/mol. The van der Waals surface area contributed by atoms with Crippen LogP contribution in [-0.2, 0) is 0 Å². The molecule has 1 aromatic carbocycles. The van der Waals surface area contributed by atoms with E-state index in [9.17, 15) is 19.3 Å². The van der Waals surface area contributed by atoms with Crippen LogP contribution in [0.25, 0.3) is 0 Å². The van der Waals surface area contributed by atoms with E-state index in [1.165, 1.54) is 30.3 Å². The van der Waals surface area contributed by atoms with E-state index < -0.39 is 16.6 Å². The highest BCUT2D eigenvalue weighted by molar-refractivity contribution is 6.04. The number of carbonyl (C=O) groups is 1. The number of amides is 1. The molecule has 6 nitrogen and oxygen atoms in total. The maximum atomic E-state index is 13.4. The van der Waals surface area contributed by atoms with Gasteiger partial charge in [-0.05, 0) is 24.6 Å². The molecule has 0 radical (unpaired) electrons. The van der Waals surface area contributed by atoms with Crippen molar-refractivity contribution in [1.29, 1.82) is 0 Å². The zero-order valence-corrected chi connectivity index (χ0v) is 10.5. The van der Waals surface area contributed by atoms with Crippen LogP contribution in [0.2, 0.25) is 0 Å². The highest BCUT2D eigenvalue weighted by Crippen LogP contribution is 2.19. The van der Waals surface area contributed by atoms with Crippen molar-refractivity contribution >= 4 is 17.4 Å². The van der Waals surface area contributed by atoms with Gasteiger partial charge in [-0.3, -0.25) is 14.9 Å². The number of rotatable bonds is 3. The molecule has 1 N–H and O–H groups in total. The fourth-order valence-electron chi connectivity index (χ4n) is 1.61. The lowest BCUT2D eigenvalue weighted by Crippen LogP contribution is -2.15. The van der Waals surface area contributed by atoms with Crippen LogP contribution >= 0.6 is 0 Å². The minimum atomic E-state index is -0.660. The van der Waals surface area contributed by atoms with Gasteiger partial charge in [0.25, 0.3) is 11.6 Å². The molecule has 0 spiro atoms. The number of benzene rings is 1. The monoisotopic (exact) mass is 275 g/mol. The molecular weight excluding hydrogens is 265 g/mol. The predicted octanol–water partition coefficient (Wildman–Crippen LogP) is 2.69. The van der Waals surface area contributed by atoms with E-state index in [-0.39, 0.29) is 17.1 Å². The standard InChI is InChI=1S/C13H10FN3O3/c1-8-6-9(17(19)20)7-15-12(8)16-13(18)10-4-2-3-5-11(10)14/h2-7H,1H3,(H,15,16,18). The Hall–Kier alpha value is -2.83. The summed E-state index contributed by atoms with van der Waals surface area (Å²) in [6.45, 7) is 1.57. The van der Waals surface area contributed by atoms with Gasteiger partial charge in [-0.25, -0.2) is 9.37 Å². The third-order valence-electron chi connectivity index (χ3n) is 2.63. The minimum Gasteiger partial charge on any atom is -0.306 e. The summed E-state index contributed by atoms with van der Waals surface area (Å²) in [5.41, 5.74) is 0.127. The van der Waals surface area contributed by atoms with E-state index in [0.29, 0.717) is 5.56 Å². The summed E-state index contributed by atoms with van der Waals surface area (Å²) in [4.78, 5) is 25.7. The number of nitrogens with zero attached hydrogens (tertiary/aromatic N) is 2. The molecule has 2 aromatic rings. The van der Waals surface area contributed by atoms with E-state index in [2.05, 4.69) is 10.3 Å². The lowest BCUT2D eigenvalue weighted by molar-refractivity contribution is -0.385. The summed E-state index contributed by atoms with van der Waals surface area (Å²) in [6, 6.07) is 6.80. The summed E-state index contributed by atoms with van der Waals surface area (Å²) in [7, 11) is 0. The number of hydrogen-bond donors (Lipinski definition) is 1. The first-order valence-corrected chi connectivity index (χ1v) is 5.66. The smallest absolute Gasteiger partial charge is 0.287 e. The molecule has 0 saturated carbocycles. The quantitative estimate of drug-likeness (QED) is 0.689. The zero-order valence-electron chi connectivity index (χ0n) is 10.5. The van der Waals surface area contributed by atoms with Gasteiger partial charge in [0.2, 0.25) is 0 Å². The second-order valence-electron chi connectivity index (χ2n) is 4.05. The Morgan fingerprint density at radius 2 is 2.10 bits per heavy atom. The lowest BCUT2D eigenvalue weighted by atomic mass is 10.2. The molecule has 0 fully saturated rings. The van der Waals surface area contributed by atoms with Crippen LogP contribution in [0, 0.1) is 22.9 Å². The highest BCUT2D eigenvalue weighted by atomic mass is 19.1. The normalized spacial score (nSPS) is 10.1. The molecular formula is C13H10FN3O3. The summed E-state index contributed by atoms with van der Waals surface area (Å²) >= 11 is 0. The molecule has 1 heterocycles. The first-order valence-electron chi connectivity index (χ1n) is 5.66. The van der Waals surface area contributed by atoms with Crippen LogP contribution < -0.4 is 5.32 Å². The molecule has 1 amide bonds. The van der Waals surface area contributed by atoms with Crippen molar-refractivity contribution in [3.8, 4) is 0 Å². The van der Waals surface area contributed by atoms with Gasteiger partial charge in [0.15, 0.2) is 0 Å². The first kappa shape index (κ1) is 13.6. The molecule has 0 bridgehead atoms. The molecule has 0 aliphatic heterocycles. The van der Waals surface area contributed by atoms with Gasteiger partial charge in [0.05, 0.1) is 10.5 Å². The topological polar surface area (TPSA) is 85.1 Å². The summed E-state index contributed by atoms with van der Waals surface area (Å²) < 4.78 is 13.4. The maximum Gasteiger partial charge on any atom is 0.287 e. The van der Waals surface area contributed by atoms with Gasteiger partial charge in [0, 0.05) is 6.07 Å². The van der Waals surface area contributed by atoms with E-state index in [4.69, 9.17) is 0 Å². The van der Waals surface area contributed by atoms with Crippen LogP contribution in [0.3, 0.4) is 0 Å². The Kier molecular flexibility index (Phi) is 3.69. The fourth-order valence-corrected chi connectivity index (χ4v) is 1.61. The Balaban J connectivity index is 2.25. The lowest BCUT2D eigenvalue weighted by Gasteiger charge is -2.07. The third kappa shape index (κ3) is 2.77. The van der Waals surface area contributed by atoms with Crippen molar-refractivity contribution in [3.05, 3.63) is 63.6 Å². The average Bonchev–Trinajstić information content (AvgIpc) is 2.41. The van der Waals surface area contributed by atoms with E-state index in [1.54, 1.807) is 6.92 Å². The largest absolute Gasteiger partial charge is 0.306 e. The second-order valence-corrected chi connectivity index (χ2v) is 4.05. The molecule has 0 aliphatic carbocycles. The molecule has 0 saturated heterocycles. The van der Waals surface area contributed by atoms with Crippen molar-refractivity contribution in [1.82, 2.24) is 4.98 Å². The first-order chi connectivity index (χ1) is 9.49. The van der Waals surface area contributed by atoms with Gasteiger partial charge in [0.1, 0.15) is 17.8 Å². The van der Waals surface area contributed by atoms with E-state index in [1.807, 2.05) is 0 Å². The van der Waals surface area contributed by atoms with Gasteiger partial charge < -0.3 is 5.32 Å². The van der Waals surface area contributed by atoms with Crippen molar-refractivity contribution in [2.45, 2.75) is 6.92 Å². The molecule has 0 atom stereocenters. The highest BCUT2D eigenvalue weighted by Gasteiger charge is 2.14. The number of nitrogens with one attached hydrogen (secondary N) is 1. The number of hydrogen-bond acceptors (Lipinski definition) is 4. The number of aryl methyl sites for hydroxylation is 1. The van der Waals surface area contributed by atoms with Crippen LogP contribution in [0.1, 0.15) is 15.9 Å². The van der Waals surface area contributed by atoms with Crippen molar-refractivity contribution in [2.75, 3.05) is 5.32 Å². The number of halogens is 1. The van der Waals surface area contributed by atoms with E-state index >= 15 is 0 Å². The molecule has 0 unspecified atom stereocenters. The van der Waals surface area contributed by atoms with Crippen molar-refractivity contribution in [2.24, 2.45) is 0 Å². The summed E-state index contributed by atoms with van der Waals surface area (Å²) in [5, 5.41) is 13.0. The molecule has 20 heavy (non-hydrogen) atoms. The SMILES string of the molecule is Cc1cc([N+](=O)[O-])cnc1NC(=O)c1ccccc1F. The molecule has 7 heteroatoms. The van der Waals surface area contributed by atoms with Crippen molar-refractivity contribution < 1.29 is 14.1 Å². The van der Waals surface area contributed by atoms with Crippen LogP contribution in [0.4, 0.5) is 15.9 Å². The summed E-state index contributed by atoms with van der Waals surface area (Å²) in [5.74, 6) is -1.15. The maximum absolute atomic E-state index is 13.4. The molecule has 102 valence electrons. The fraction of sp³-hybridized carbons (Fsp3) is 0.0769. The van der Waals surface area contributed by atoms with Gasteiger partial charge in [-0.1, -0.05) is 12.1 Å². The summed E-state index contributed by atoms with van der Waals surface area (Å²) in [6.07, 6.45) is 1.03. The molecule has 0 aliphatic rings. The van der Waals surface area contributed by atoms with E-state index in [0.717, 1.165) is 6.20 Å². The van der Waals surface area contributed by atoms with Gasteiger partial charge in [-0.15, -0.1) is 0 Å². The molecule has 1 aromatic heterocycles.